The molecule has 1 aromatic rings. The van der Waals surface area contributed by atoms with Gasteiger partial charge in [-0.2, -0.15) is 5.10 Å². The number of nitrogens with zero attached hydrogens (tertiary/aromatic N) is 3. The first-order valence-corrected chi connectivity index (χ1v) is 10.1. The molecule has 1 aliphatic heterocycles. The van der Waals surface area contributed by atoms with Crippen molar-refractivity contribution in [2.24, 2.45) is 24.8 Å². The van der Waals surface area contributed by atoms with Gasteiger partial charge in [-0.15, -0.1) is 0 Å². The Labute approximate surface area is 154 Å². The molecule has 3 aliphatic rings. The number of amides is 1. The maximum absolute atomic E-state index is 13.1. The topological polar surface area (TPSA) is 75.4 Å². The second-order valence-corrected chi connectivity index (χ2v) is 8.47. The third-order valence-corrected chi connectivity index (χ3v) is 6.89. The van der Waals surface area contributed by atoms with Gasteiger partial charge in [0.15, 0.2) is 0 Å². The van der Waals surface area contributed by atoms with E-state index in [9.17, 15) is 14.7 Å². The van der Waals surface area contributed by atoms with E-state index in [4.69, 9.17) is 0 Å². The summed E-state index contributed by atoms with van der Waals surface area (Å²) in [6.07, 6.45) is 8.26. The summed E-state index contributed by atoms with van der Waals surface area (Å²) < 4.78 is 1.75. The number of likely N-dealkylation sites (tertiary alicyclic amines) is 1. The number of carboxylic acids is 1. The van der Waals surface area contributed by atoms with Crippen molar-refractivity contribution < 1.29 is 14.7 Å². The van der Waals surface area contributed by atoms with E-state index in [1.807, 2.05) is 18.0 Å². The normalized spacial score (nSPS) is 29.6. The molecule has 2 aliphatic carbocycles. The van der Waals surface area contributed by atoms with Gasteiger partial charge in [0, 0.05) is 26.1 Å². The van der Waals surface area contributed by atoms with Gasteiger partial charge in [-0.05, 0) is 56.4 Å². The molecular weight excluding hydrogens is 330 g/mol. The Morgan fingerprint density at radius 2 is 1.88 bits per heavy atom. The summed E-state index contributed by atoms with van der Waals surface area (Å²) in [5.74, 6) is 0.656. The Hall–Kier alpha value is -1.85. The maximum atomic E-state index is 13.1. The smallest absolute Gasteiger partial charge is 0.306 e. The Kier molecular flexibility index (Phi) is 4.76. The zero-order chi connectivity index (χ0) is 18.3. The first-order valence-electron chi connectivity index (χ1n) is 10.1. The minimum absolute atomic E-state index is 0.0862. The molecule has 0 aromatic carbocycles. The van der Waals surface area contributed by atoms with Crippen molar-refractivity contribution in [2.75, 3.05) is 13.1 Å². The van der Waals surface area contributed by atoms with Gasteiger partial charge >= 0.3 is 5.97 Å². The van der Waals surface area contributed by atoms with Crippen molar-refractivity contribution in [3.05, 3.63) is 17.5 Å². The lowest BCUT2D eigenvalue weighted by Crippen LogP contribution is -2.46. The number of piperidine rings is 1. The highest BCUT2D eigenvalue weighted by atomic mass is 16.4. The highest BCUT2D eigenvalue weighted by Gasteiger charge is 2.39. The Bertz CT molecular complexity index is 692. The monoisotopic (exact) mass is 359 g/mol. The molecule has 1 N–H and O–H groups in total. The van der Waals surface area contributed by atoms with E-state index in [-0.39, 0.29) is 11.8 Å². The summed E-state index contributed by atoms with van der Waals surface area (Å²) in [7, 11) is 1.87. The van der Waals surface area contributed by atoms with Crippen molar-refractivity contribution in [3.63, 3.8) is 0 Å². The zero-order valence-electron chi connectivity index (χ0n) is 15.6. The van der Waals surface area contributed by atoms with Gasteiger partial charge in [-0.3, -0.25) is 14.3 Å². The third-order valence-electron chi connectivity index (χ3n) is 6.89. The Balaban J connectivity index is 1.43. The largest absolute Gasteiger partial charge is 0.481 e. The predicted molar refractivity (Wildman–Crippen MR) is 96.9 cm³/mol. The van der Waals surface area contributed by atoms with Gasteiger partial charge in [0.25, 0.3) is 5.91 Å². The highest BCUT2D eigenvalue weighted by Crippen LogP contribution is 2.39. The highest BCUT2D eigenvalue weighted by molar-refractivity contribution is 5.92. The SMILES string of the molecule is Cn1nc(C2CCCC2)cc1C(=O)N1CCC2CC(C(=O)O)CCC2C1. The van der Waals surface area contributed by atoms with Gasteiger partial charge in [-0.25, -0.2) is 0 Å². The van der Waals surface area contributed by atoms with E-state index >= 15 is 0 Å². The van der Waals surface area contributed by atoms with Gasteiger partial charge < -0.3 is 10.0 Å². The van der Waals surface area contributed by atoms with Crippen LogP contribution in [-0.4, -0.2) is 44.8 Å². The van der Waals surface area contributed by atoms with Crippen LogP contribution < -0.4 is 0 Å². The average molecular weight is 359 g/mol. The third kappa shape index (κ3) is 3.26. The fourth-order valence-electron chi connectivity index (χ4n) is 5.30. The van der Waals surface area contributed by atoms with Crippen molar-refractivity contribution in [1.29, 1.82) is 0 Å². The van der Waals surface area contributed by atoms with E-state index in [1.165, 1.54) is 25.7 Å². The molecular formula is C20H29N3O3. The summed E-state index contributed by atoms with van der Waals surface area (Å²) in [5, 5.41) is 13.9. The molecule has 1 amide bonds. The van der Waals surface area contributed by atoms with Gasteiger partial charge in [0.1, 0.15) is 5.69 Å². The quantitative estimate of drug-likeness (QED) is 0.900. The average Bonchev–Trinajstić information content (AvgIpc) is 3.29. The number of aryl methyl sites for hydroxylation is 1. The molecule has 4 rings (SSSR count). The number of aromatic nitrogens is 2. The number of fused-ring (bicyclic) bond motifs is 1. The van der Waals surface area contributed by atoms with E-state index in [1.54, 1.807) is 4.68 Å². The molecule has 1 saturated heterocycles. The summed E-state index contributed by atoms with van der Waals surface area (Å²) in [5.41, 5.74) is 1.77. The molecule has 3 fully saturated rings. The van der Waals surface area contributed by atoms with Crippen LogP contribution in [0.1, 0.15) is 73.5 Å². The first-order chi connectivity index (χ1) is 12.5. The van der Waals surface area contributed by atoms with Crippen LogP contribution in [0.3, 0.4) is 0 Å². The maximum Gasteiger partial charge on any atom is 0.306 e. The van der Waals surface area contributed by atoms with Crippen molar-refractivity contribution in [2.45, 2.75) is 57.3 Å². The summed E-state index contributed by atoms with van der Waals surface area (Å²) in [6, 6.07) is 2.01. The number of carbonyl (C=O) groups excluding carboxylic acids is 1. The molecule has 0 radical (unpaired) electrons. The molecule has 2 heterocycles. The number of hydrogen-bond acceptors (Lipinski definition) is 3. The minimum Gasteiger partial charge on any atom is -0.481 e. The van der Waals surface area contributed by atoms with Crippen molar-refractivity contribution >= 4 is 11.9 Å². The number of carboxylic acid groups (broad SMARTS) is 1. The molecule has 3 atom stereocenters. The van der Waals surface area contributed by atoms with Crippen LogP contribution in [-0.2, 0) is 11.8 Å². The van der Waals surface area contributed by atoms with Gasteiger partial charge in [-0.1, -0.05) is 12.8 Å². The van der Waals surface area contributed by atoms with Gasteiger partial charge in [0.05, 0.1) is 11.6 Å². The van der Waals surface area contributed by atoms with Crippen LogP contribution in [0.4, 0.5) is 0 Å². The van der Waals surface area contributed by atoms with Crippen LogP contribution in [0.2, 0.25) is 0 Å². The lowest BCUT2D eigenvalue weighted by atomic mass is 9.71. The molecule has 3 unspecified atom stereocenters. The zero-order valence-corrected chi connectivity index (χ0v) is 15.6. The van der Waals surface area contributed by atoms with E-state index < -0.39 is 5.97 Å². The first kappa shape index (κ1) is 17.6. The Morgan fingerprint density at radius 1 is 1.12 bits per heavy atom. The number of carbonyl (C=O) groups is 2. The lowest BCUT2D eigenvalue weighted by molar-refractivity contribution is -0.144. The molecule has 142 valence electrons. The van der Waals surface area contributed by atoms with E-state index in [2.05, 4.69) is 5.10 Å². The number of hydrogen-bond donors (Lipinski definition) is 1. The van der Waals surface area contributed by atoms with Crippen molar-refractivity contribution in [3.8, 4) is 0 Å². The molecule has 6 nitrogen and oxygen atoms in total. The van der Waals surface area contributed by atoms with Crippen molar-refractivity contribution in [1.82, 2.24) is 14.7 Å². The predicted octanol–water partition coefficient (Wildman–Crippen LogP) is 3.04. The fourth-order valence-corrected chi connectivity index (χ4v) is 5.30. The molecule has 0 spiro atoms. The lowest BCUT2D eigenvalue weighted by Gasteiger charge is -2.42. The molecule has 26 heavy (non-hydrogen) atoms. The molecule has 1 aromatic heterocycles. The summed E-state index contributed by atoms with van der Waals surface area (Å²) >= 11 is 0. The molecule has 6 heteroatoms. The van der Waals surface area contributed by atoms with Crippen LogP contribution in [0.15, 0.2) is 6.07 Å². The fraction of sp³-hybridized carbons (Fsp3) is 0.750. The molecule has 2 saturated carbocycles. The second kappa shape index (κ2) is 7.05. The minimum atomic E-state index is -0.656. The molecule has 0 bridgehead atoms. The standard InChI is InChI=1S/C20H29N3O3/c1-22-18(11-17(21-22)13-4-2-3-5-13)19(24)23-9-8-14-10-15(20(25)26)6-7-16(14)12-23/h11,13-16H,2-10,12H2,1H3,(H,25,26). The van der Waals surface area contributed by atoms with Crippen LogP contribution in [0, 0.1) is 17.8 Å². The van der Waals surface area contributed by atoms with Crippen LogP contribution >= 0.6 is 0 Å². The van der Waals surface area contributed by atoms with E-state index in [0.29, 0.717) is 23.4 Å². The summed E-state index contributed by atoms with van der Waals surface area (Å²) in [4.78, 5) is 26.3. The number of rotatable bonds is 3. The van der Waals surface area contributed by atoms with Crippen LogP contribution in [0.5, 0.6) is 0 Å². The van der Waals surface area contributed by atoms with Crippen LogP contribution in [0.25, 0.3) is 0 Å². The van der Waals surface area contributed by atoms with E-state index in [0.717, 1.165) is 44.5 Å². The summed E-state index contributed by atoms with van der Waals surface area (Å²) in [6.45, 7) is 1.50. The Morgan fingerprint density at radius 3 is 2.62 bits per heavy atom. The number of aliphatic carboxylic acids is 1. The second-order valence-electron chi connectivity index (χ2n) is 8.47. The van der Waals surface area contributed by atoms with Gasteiger partial charge in [0.2, 0.25) is 0 Å².